The molecule has 0 radical (unpaired) electrons. The van der Waals surface area contributed by atoms with Gasteiger partial charge in [0, 0.05) is 20.6 Å². The van der Waals surface area contributed by atoms with Crippen LogP contribution in [0.1, 0.15) is 13.8 Å². The molecule has 0 aliphatic rings. The fourth-order valence-electron chi connectivity index (χ4n) is 2.09. The van der Waals surface area contributed by atoms with Crippen LogP contribution in [0.15, 0.2) is 34.2 Å². The molecule has 0 saturated heterocycles. The molecule has 0 N–H and O–H groups in total. The Bertz CT molecular complexity index is 724. The number of carbonyl (C=O) groups excluding carboxylic acids is 1. The maximum Gasteiger partial charge on any atom is 0.262 e. The number of rotatable bonds is 4. The Morgan fingerprint density at radius 3 is 2.67 bits per heavy atom. The highest BCUT2D eigenvalue weighted by Gasteiger charge is 2.19. The van der Waals surface area contributed by atoms with E-state index in [-0.39, 0.29) is 16.7 Å². The van der Waals surface area contributed by atoms with Crippen LogP contribution in [-0.2, 0) is 11.3 Å². The molecule has 0 spiro atoms. The van der Waals surface area contributed by atoms with Crippen LogP contribution in [0.3, 0.4) is 0 Å². The maximum absolute atomic E-state index is 12.5. The third-order valence-corrected chi connectivity index (χ3v) is 4.29. The van der Waals surface area contributed by atoms with Gasteiger partial charge in [0.2, 0.25) is 5.91 Å². The Labute approximate surface area is 128 Å². The molecule has 5 nitrogen and oxygen atoms in total. The first-order valence-corrected chi connectivity index (χ1v) is 7.71. The predicted molar refractivity (Wildman–Crippen MR) is 85.7 cm³/mol. The molecule has 1 amide bonds. The summed E-state index contributed by atoms with van der Waals surface area (Å²) in [6, 6.07) is 7.28. The second-order valence-corrected chi connectivity index (χ2v) is 6.26. The lowest BCUT2D eigenvalue weighted by atomic mass is 10.2. The van der Waals surface area contributed by atoms with Gasteiger partial charge in [-0.2, -0.15) is 0 Å². The van der Waals surface area contributed by atoms with Crippen LogP contribution in [0.5, 0.6) is 0 Å². The molecule has 1 unspecified atom stereocenters. The van der Waals surface area contributed by atoms with Crippen molar-refractivity contribution >= 4 is 28.6 Å². The van der Waals surface area contributed by atoms with Gasteiger partial charge in [-0.15, -0.1) is 0 Å². The largest absolute Gasteiger partial charge is 0.348 e. The molecule has 1 atom stereocenters. The van der Waals surface area contributed by atoms with Crippen LogP contribution < -0.4 is 5.56 Å². The van der Waals surface area contributed by atoms with E-state index in [4.69, 9.17) is 0 Å². The number of amides is 1. The smallest absolute Gasteiger partial charge is 0.262 e. The van der Waals surface area contributed by atoms with Gasteiger partial charge in [-0.25, -0.2) is 4.98 Å². The van der Waals surface area contributed by atoms with Crippen molar-refractivity contribution in [1.29, 1.82) is 0 Å². The number of aromatic nitrogens is 2. The zero-order valence-corrected chi connectivity index (χ0v) is 13.5. The number of fused-ring (bicyclic) bond motifs is 1. The van der Waals surface area contributed by atoms with Crippen LogP contribution in [0.4, 0.5) is 0 Å². The monoisotopic (exact) mass is 305 g/mol. The Morgan fingerprint density at radius 1 is 1.38 bits per heavy atom. The van der Waals surface area contributed by atoms with E-state index in [0.717, 1.165) is 0 Å². The fourth-order valence-corrected chi connectivity index (χ4v) is 3.21. The molecular weight excluding hydrogens is 286 g/mol. The van der Waals surface area contributed by atoms with Crippen molar-refractivity contribution in [2.24, 2.45) is 0 Å². The van der Waals surface area contributed by atoms with Gasteiger partial charge in [0.25, 0.3) is 5.56 Å². The van der Waals surface area contributed by atoms with Crippen molar-refractivity contribution in [2.45, 2.75) is 30.8 Å². The second-order valence-electron chi connectivity index (χ2n) is 4.95. The molecule has 0 aliphatic heterocycles. The van der Waals surface area contributed by atoms with E-state index >= 15 is 0 Å². The van der Waals surface area contributed by atoms with Crippen LogP contribution in [-0.4, -0.2) is 39.7 Å². The molecule has 2 aromatic rings. The first-order valence-electron chi connectivity index (χ1n) is 6.83. The summed E-state index contributed by atoms with van der Waals surface area (Å²) in [5, 5.41) is 0.907. The van der Waals surface area contributed by atoms with Crippen LogP contribution in [0.2, 0.25) is 0 Å². The molecule has 112 valence electrons. The van der Waals surface area contributed by atoms with Crippen molar-refractivity contribution in [3.8, 4) is 0 Å². The number of para-hydroxylation sites is 1. The van der Waals surface area contributed by atoms with E-state index in [1.54, 1.807) is 29.6 Å². The number of hydrogen-bond acceptors (Lipinski definition) is 4. The van der Waals surface area contributed by atoms with Gasteiger partial charge in [-0.3, -0.25) is 14.2 Å². The van der Waals surface area contributed by atoms with Crippen molar-refractivity contribution in [3.63, 3.8) is 0 Å². The zero-order chi connectivity index (χ0) is 15.6. The highest BCUT2D eigenvalue weighted by Crippen LogP contribution is 2.23. The van der Waals surface area contributed by atoms with E-state index in [1.165, 1.54) is 11.8 Å². The molecule has 0 bridgehead atoms. The lowest BCUT2D eigenvalue weighted by molar-refractivity contribution is -0.127. The maximum atomic E-state index is 12.5. The topological polar surface area (TPSA) is 55.2 Å². The number of thioether (sulfide) groups is 1. The Hall–Kier alpha value is -1.82. The summed E-state index contributed by atoms with van der Waals surface area (Å²) in [7, 11) is 3.44. The summed E-state index contributed by atoms with van der Waals surface area (Å²) in [5.41, 5.74) is 0.606. The molecule has 1 aromatic carbocycles. The minimum Gasteiger partial charge on any atom is -0.348 e. The Balaban J connectivity index is 2.48. The summed E-state index contributed by atoms with van der Waals surface area (Å²) in [4.78, 5) is 30.6. The normalized spacial score (nSPS) is 12.4. The SMILES string of the molecule is CCn1c(SC(C)C(=O)N(C)C)nc2ccccc2c1=O. The van der Waals surface area contributed by atoms with E-state index in [9.17, 15) is 9.59 Å². The average Bonchev–Trinajstić information content (AvgIpc) is 2.46. The lowest BCUT2D eigenvalue weighted by Crippen LogP contribution is -2.31. The van der Waals surface area contributed by atoms with Crippen LogP contribution in [0.25, 0.3) is 10.9 Å². The summed E-state index contributed by atoms with van der Waals surface area (Å²) < 4.78 is 1.62. The second kappa shape index (κ2) is 6.30. The third kappa shape index (κ3) is 3.10. The minimum absolute atomic E-state index is 0.00469. The van der Waals surface area contributed by atoms with Crippen molar-refractivity contribution in [2.75, 3.05) is 14.1 Å². The van der Waals surface area contributed by atoms with Gasteiger partial charge in [0.15, 0.2) is 5.16 Å². The van der Waals surface area contributed by atoms with E-state index < -0.39 is 0 Å². The fraction of sp³-hybridized carbons (Fsp3) is 0.400. The summed E-state index contributed by atoms with van der Waals surface area (Å²) >= 11 is 1.32. The Kier molecular flexibility index (Phi) is 4.67. The van der Waals surface area contributed by atoms with Crippen molar-refractivity contribution < 1.29 is 4.79 Å². The first kappa shape index (κ1) is 15.6. The standard InChI is InChI=1S/C15H19N3O2S/c1-5-18-14(20)11-8-6-7-9-12(11)16-15(18)21-10(2)13(19)17(3)4/h6-10H,5H2,1-4H3. The van der Waals surface area contributed by atoms with E-state index in [1.807, 2.05) is 32.0 Å². The van der Waals surface area contributed by atoms with Gasteiger partial charge in [0.1, 0.15) is 0 Å². The summed E-state index contributed by atoms with van der Waals surface area (Å²) in [5.74, 6) is 0.00469. The molecule has 21 heavy (non-hydrogen) atoms. The van der Waals surface area contributed by atoms with Gasteiger partial charge >= 0.3 is 0 Å². The number of benzene rings is 1. The molecular formula is C15H19N3O2S. The highest BCUT2D eigenvalue weighted by molar-refractivity contribution is 8.00. The summed E-state index contributed by atoms with van der Waals surface area (Å²) in [6.45, 7) is 4.26. The molecule has 6 heteroatoms. The Morgan fingerprint density at radius 2 is 2.05 bits per heavy atom. The quantitative estimate of drug-likeness (QED) is 0.640. The van der Waals surface area contributed by atoms with Gasteiger partial charge in [-0.05, 0) is 26.0 Å². The molecule has 0 saturated carbocycles. The van der Waals surface area contributed by atoms with Crippen molar-refractivity contribution in [1.82, 2.24) is 14.5 Å². The average molecular weight is 305 g/mol. The molecule has 1 aromatic heterocycles. The number of hydrogen-bond donors (Lipinski definition) is 0. The van der Waals surface area contributed by atoms with Gasteiger partial charge in [-0.1, -0.05) is 23.9 Å². The van der Waals surface area contributed by atoms with Crippen LogP contribution >= 0.6 is 11.8 Å². The van der Waals surface area contributed by atoms with E-state index in [0.29, 0.717) is 22.6 Å². The first-order chi connectivity index (χ1) is 9.95. The molecule has 0 fully saturated rings. The molecule has 0 aliphatic carbocycles. The van der Waals surface area contributed by atoms with Crippen LogP contribution in [0, 0.1) is 0 Å². The van der Waals surface area contributed by atoms with Gasteiger partial charge in [0.05, 0.1) is 16.2 Å². The van der Waals surface area contributed by atoms with E-state index in [2.05, 4.69) is 4.98 Å². The van der Waals surface area contributed by atoms with Gasteiger partial charge < -0.3 is 4.90 Å². The predicted octanol–water partition coefficient (Wildman–Crippen LogP) is 1.99. The lowest BCUT2D eigenvalue weighted by Gasteiger charge is -2.18. The zero-order valence-electron chi connectivity index (χ0n) is 12.7. The molecule has 2 rings (SSSR count). The molecule has 1 heterocycles. The minimum atomic E-state index is -0.286. The number of carbonyl (C=O) groups is 1. The van der Waals surface area contributed by atoms with Crippen molar-refractivity contribution in [3.05, 3.63) is 34.6 Å². The summed E-state index contributed by atoms with van der Waals surface area (Å²) in [6.07, 6.45) is 0. The third-order valence-electron chi connectivity index (χ3n) is 3.21. The highest BCUT2D eigenvalue weighted by atomic mass is 32.2. The number of nitrogens with zero attached hydrogens (tertiary/aromatic N) is 3.